The van der Waals surface area contributed by atoms with Crippen molar-refractivity contribution in [3.63, 3.8) is 0 Å². The van der Waals surface area contributed by atoms with Crippen molar-refractivity contribution >= 4 is 6.29 Å². The van der Waals surface area contributed by atoms with Crippen LogP contribution in [0.2, 0.25) is 0 Å². The lowest BCUT2D eigenvalue weighted by Crippen LogP contribution is -2.46. The van der Waals surface area contributed by atoms with Crippen LogP contribution in [0.1, 0.15) is 39.1 Å². The van der Waals surface area contributed by atoms with Crippen molar-refractivity contribution < 1.29 is 19.0 Å². The molecule has 3 atom stereocenters. The Hall–Kier alpha value is -3.58. The number of carbonyl (C=O) groups is 1. The molecular weight excluding hydrogens is 440 g/mol. The van der Waals surface area contributed by atoms with Crippen LogP contribution in [0.3, 0.4) is 0 Å². The lowest BCUT2D eigenvalue weighted by Gasteiger charge is -2.38. The first-order valence-electron chi connectivity index (χ1n) is 11.8. The zero-order valence-corrected chi connectivity index (χ0v) is 19.4. The van der Waals surface area contributed by atoms with Crippen molar-refractivity contribution in [2.45, 2.75) is 44.7 Å². The summed E-state index contributed by atoms with van der Waals surface area (Å²) in [6.45, 7) is 1.71. The summed E-state index contributed by atoms with van der Waals surface area (Å²) in [5.41, 5.74) is 3.69. The highest BCUT2D eigenvalue weighted by molar-refractivity contribution is 5.72. The summed E-state index contributed by atoms with van der Waals surface area (Å²) in [5, 5.41) is 0. The van der Waals surface area contributed by atoms with Gasteiger partial charge in [0.25, 0.3) is 0 Å². The minimum absolute atomic E-state index is 0.333. The fourth-order valence-corrected chi connectivity index (χ4v) is 4.37. The highest BCUT2D eigenvalue weighted by Crippen LogP contribution is 2.34. The maximum atomic E-state index is 11.7. The molecule has 0 fully saturated rings. The number of aromatic nitrogens is 2. The topological polar surface area (TPSA) is 62.6 Å². The van der Waals surface area contributed by atoms with E-state index in [-0.39, 0.29) is 6.10 Å². The zero-order chi connectivity index (χ0) is 23.9. The molecule has 178 valence electrons. The van der Waals surface area contributed by atoms with Gasteiger partial charge in [-0.3, -0.25) is 4.79 Å². The van der Waals surface area contributed by atoms with Gasteiger partial charge in [-0.15, -0.1) is 0 Å². The third-order valence-electron chi connectivity index (χ3n) is 6.18. The summed E-state index contributed by atoms with van der Waals surface area (Å²) in [6, 6.07) is 30.1. The number of hydrogen-bond acceptors (Lipinski definition) is 5. The Morgan fingerprint density at radius 2 is 1.26 bits per heavy atom. The molecule has 0 amide bonds. The quantitative estimate of drug-likeness (QED) is 0.302. The number of carbonyl (C=O) groups excluding carboxylic acids is 1. The molecule has 1 aliphatic heterocycles. The molecule has 0 bridgehead atoms. The maximum absolute atomic E-state index is 11.7. The van der Waals surface area contributed by atoms with E-state index in [4.69, 9.17) is 14.2 Å². The number of imidazole rings is 1. The number of rotatable bonds is 10. The van der Waals surface area contributed by atoms with E-state index in [1.807, 2.05) is 95.6 Å². The van der Waals surface area contributed by atoms with Crippen LogP contribution in [-0.2, 0) is 40.6 Å². The Balaban J connectivity index is 1.43. The molecule has 0 unspecified atom stereocenters. The minimum atomic E-state index is -0.498. The van der Waals surface area contributed by atoms with Crippen LogP contribution in [0.15, 0.2) is 97.2 Å². The first-order chi connectivity index (χ1) is 17.3. The van der Waals surface area contributed by atoms with Crippen molar-refractivity contribution in [1.29, 1.82) is 0 Å². The molecule has 5 rings (SSSR count). The summed E-state index contributed by atoms with van der Waals surface area (Å²) in [5.74, 6) is 0.681. The highest BCUT2D eigenvalue weighted by Gasteiger charge is 2.41. The molecular formula is C29H28N2O4. The summed E-state index contributed by atoms with van der Waals surface area (Å²) in [6.07, 6.45) is 1.18. The van der Waals surface area contributed by atoms with Crippen molar-refractivity contribution in [1.82, 2.24) is 9.55 Å². The van der Waals surface area contributed by atoms with Crippen LogP contribution in [0.25, 0.3) is 0 Å². The Morgan fingerprint density at radius 1 is 0.743 bits per heavy atom. The average molecular weight is 469 g/mol. The SMILES string of the molecule is O=Cc1cnc2n1C[C@H](OCc1ccccc1)[C@H](OCc1ccccc1)[C@H]2OCc1ccccc1. The average Bonchev–Trinajstić information content (AvgIpc) is 3.34. The highest BCUT2D eigenvalue weighted by atomic mass is 16.6. The van der Waals surface area contributed by atoms with Gasteiger partial charge in [-0.1, -0.05) is 91.0 Å². The first-order valence-corrected chi connectivity index (χ1v) is 11.8. The summed E-state index contributed by atoms with van der Waals surface area (Å²) < 4.78 is 21.2. The van der Waals surface area contributed by atoms with Crippen molar-refractivity contribution in [3.05, 3.63) is 125 Å². The van der Waals surface area contributed by atoms with E-state index in [0.29, 0.717) is 37.9 Å². The molecule has 4 aromatic rings. The van der Waals surface area contributed by atoms with Gasteiger partial charge in [0.05, 0.1) is 32.6 Å². The fourth-order valence-electron chi connectivity index (χ4n) is 4.37. The Kier molecular flexibility index (Phi) is 7.44. The van der Waals surface area contributed by atoms with Gasteiger partial charge in [-0.2, -0.15) is 0 Å². The monoisotopic (exact) mass is 468 g/mol. The molecule has 0 radical (unpaired) electrons. The van der Waals surface area contributed by atoms with E-state index < -0.39 is 12.2 Å². The number of ether oxygens (including phenoxy) is 3. The summed E-state index contributed by atoms with van der Waals surface area (Å²) >= 11 is 0. The van der Waals surface area contributed by atoms with E-state index in [1.165, 1.54) is 0 Å². The van der Waals surface area contributed by atoms with Gasteiger partial charge in [-0.05, 0) is 16.7 Å². The Morgan fingerprint density at radius 3 is 1.80 bits per heavy atom. The molecule has 35 heavy (non-hydrogen) atoms. The van der Waals surface area contributed by atoms with Gasteiger partial charge in [-0.25, -0.2) is 4.98 Å². The molecule has 1 aliphatic rings. The molecule has 1 aromatic heterocycles. The van der Waals surface area contributed by atoms with Crippen LogP contribution in [0.5, 0.6) is 0 Å². The van der Waals surface area contributed by atoms with Gasteiger partial charge in [0.15, 0.2) is 6.29 Å². The molecule has 0 N–H and O–H groups in total. The molecule has 0 saturated carbocycles. The standard InChI is InChI=1S/C29H28N2O4/c32-18-25-16-30-29-28(35-21-24-14-8-3-9-15-24)27(34-20-23-12-6-2-7-13-23)26(17-31(25)29)33-19-22-10-4-1-5-11-22/h1-16,18,26-28H,17,19-21H2/t26-,27-,28+/m0/s1. The van der Waals surface area contributed by atoms with E-state index in [9.17, 15) is 4.79 Å². The molecule has 0 saturated heterocycles. The van der Waals surface area contributed by atoms with Crippen molar-refractivity contribution in [2.75, 3.05) is 0 Å². The van der Waals surface area contributed by atoms with Crippen LogP contribution in [0, 0.1) is 0 Å². The lowest BCUT2D eigenvalue weighted by atomic mass is 10.0. The van der Waals surface area contributed by atoms with E-state index >= 15 is 0 Å². The van der Waals surface area contributed by atoms with E-state index in [2.05, 4.69) is 4.98 Å². The largest absolute Gasteiger partial charge is 0.369 e. The number of aldehydes is 1. The van der Waals surface area contributed by atoms with Crippen LogP contribution in [0.4, 0.5) is 0 Å². The zero-order valence-electron chi connectivity index (χ0n) is 19.4. The summed E-state index contributed by atoms with van der Waals surface area (Å²) in [4.78, 5) is 16.3. The summed E-state index contributed by atoms with van der Waals surface area (Å²) in [7, 11) is 0. The Bertz CT molecular complexity index is 1210. The van der Waals surface area contributed by atoms with Crippen LogP contribution in [-0.4, -0.2) is 28.0 Å². The first kappa shape index (κ1) is 23.2. The van der Waals surface area contributed by atoms with Gasteiger partial charge in [0.2, 0.25) is 0 Å². The Labute approximate surface area is 205 Å². The van der Waals surface area contributed by atoms with Crippen LogP contribution < -0.4 is 0 Å². The van der Waals surface area contributed by atoms with Gasteiger partial charge < -0.3 is 18.8 Å². The second-order valence-electron chi connectivity index (χ2n) is 8.58. The smallest absolute Gasteiger partial charge is 0.168 e. The molecule has 2 heterocycles. The lowest BCUT2D eigenvalue weighted by molar-refractivity contribution is -0.171. The van der Waals surface area contributed by atoms with E-state index in [1.54, 1.807) is 6.20 Å². The second kappa shape index (κ2) is 11.2. The third-order valence-corrected chi connectivity index (χ3v) is 6.18. The number of benzene rings is 3. The molecule has 6 heteroatoms. The van der Waals surface area contributed by atoms with Crippen molar-refractivity contribution in [3.8, 4) is 0 Å². The van der Waals surface area contributed by atoms with Gasteiger partial charge in [0.1, 0.15) is 29.8 Å². The second-order valence-corrected chi connectivity index (χ2v) is 8.58. The van der Waals surface area contributed by atoms with Gasteiger partial charge >= 0.3 is 0 Å². The maximum Gasteiger partial charge on any atom is 0.168 e. The van der Waals surface area contributed by atoms with Crippen molar-refractivity contribution in [2.24, 2.45) is 0 Å². The van der Waals surface area contributed by atoms with Crippen LogP contribution >= 0.6 is 0 Å². The predicted molar refractivity (Wildman–Crippen MR) is 132 cm³/mol. The third kappa shape index (κ3) is 5.57. The number of fused-ring (bicyclic) bond motifs is 1. The molecule has 0 spiro atoms. The molecule has 0 aliphatic carbocycles. The van der Waals surface area contributed by atoms with Gasteiger partial charge in [0, 0.05) is 0 Å². The minimum Gasteiger partial charge on any atom is -0.369 e. The number of hydrogen-bond donors (Lipinski definition) is 0. The molecule has 3 aromatic carbocycles. The molecule has 6 nitrogen and oxygen atoms in total. The number of nitrogens with zero attached hydrogens (tertiary/aromatic N) is 2. The normalized spacial score (nSPS) is 19.3. The van der Waals surface area contributed by atoms with E-state index in [0.717, 1.165) is 23.0 Å². The predicted octanol–water partition coefficient (Wildman–Crippen LogP) is 5.14. The fraction of sp³-hybridized carbons (Fsp3) is 0.241.